The molecule has 0 radical (unpaired) electrons. The number of nitrogens with one attached hydrogen (secondary N) is 1. The average molecular weight is 1080 g/mol. The van der Waals surface area contributed by atoms with E-state index >= 15 is 0 Å². The highest BCUT2D eigenvalue weighted by Gasteiger charge is 2.12. The Balaban J connectivity index is 0.000000214. The molecule has 0 amide bonds. The molecule has 0 bridgehead atoms. The van der Waals surface area contributed by atoms with Gasteiger partial charge in [-0.15, -0.1) is 0 Å². The van der Waals surface area contributed by atoms with E-state index in [1.165, 1.54) is 38.0 Å². The third-order valence-corrected chi connectivity index (χ3v) is 12.2. The molecule has 0 saturated heterocycles. The fraction of sp³-hybridized carbons (Fsp3) is 0.136. The highest BCUT2D eigenvalue weighted by molar-refractivity contribution is 14.1. The molecule has 1 N–H and O–H groups in total. The van der Waals surface area contributed by atoms with Crippen LogP contribution in [0.4, 0.5) is 11.4 Å². The van der Waals surface area contributed by atoms with Crippen molar-refractivity contribution in [2.24, 2.45) is 0 Å². The molecule has 10 nitrogen and oxygen atoms in total. The summed E-state index contributed by atoms with van der Waals surface area (Å²) in [7, 11) is 9.67. The molecule has 308 valence electrons. The fourth-order valence-corrected chi connectivity index (χ4v) is 8.20. The number of nitrogens with zero attached hydrogens (tertiary/aromatic N) is 5. The van der Waals surface area contributed by atoms with E-state index in [0.717, 1.165) is 49.2 Å². The van der Waals surface area contributed by atoms with Gasteiger partial charge in [-0.25, -0.2) is 22.4 Å². The first-order valence-corrected chi connectivity index (χ1v) is 22.4. The highest BCUT2D eigenvalue weighted by atomic mass is 127. The fourth-order valence-electron chi connectivity index (χ4n) is 5.44. The van der Waals surface area contributed by atoms with Crippen molar-refractivity contribution in [1.29, 1.82) is 0 Å². The molecule has 0 unspecified atom stereocenters. The number of aromatic amines is 1. The largest absolute Gasteiger partial charge is 0.378 e. The van der Waals surface area contributed by atoms with Gasteiger partial charge >= 0.3 is 0 Å². The van der Waals surface area contributed by atoms with Crippen molar-refractivity contribution in [1.82, 2.24) is 18.9 Å². The number of pyridine rings is 2. The van der Waals surface area contributed by atoms with Crippen LogP contribution in [0.2, 0.25) is 0 Å². The van der Waals surface area contributed by atoms with E-state index in [1.807, 2.05) is 87.3 Å². The van der Waals surface area contributed by atoms with Gasteiger partial charge in [-0.1, -0.05) is 79.9 Å². The topological polar surface area (TPSA) is 106 Å². The van der Waals surface area contributed by atoms with Crippen LogP contribution in [-0.4, -0.2) is 55.5 Å². The number of benzene rings is 4. The van der Waals surface area contributed by atoms with Gasteiger partial charge in [-0.3, -0.25) is 0 Å². The van der Waals surface area contributed by atoms with Gasteiger partial charge in [0.2, 0.25) is 0 Å². The molecule has 4 aromatic carbocycles. The van der Waals surface area contributed by atoms with Gasteiger partial charge in [-0.2, -0.15) is 0 Å². The maximum atomic E-state index is 10.6. The standard InChI is InChI=1S/C21H18IN3O2S.C15H14IN3.C6H5ClO2S.2CH4/c1-24(2)17-10-8-15(9-11-17)16-12-19-20(22)14-25(21(19)23-13-16)28-27-26-18-6-4-3-5-7-18;1-19(2)12-5-3-10(4-6-12)11-7-13-14(16)9-18-15(13)17-8-11;7-10(8,9)6-4-2-1-3-5-6;;/h3-14H,1-2H3;3-9H,1-2H3,(H,17,18);1-5H;2*1H4. The van der Waals surface area contributed by atoms with E-state index in [0.29, 0.717) is 5.75 Å². The molecule has 15 heteroatoms. The first-order chi connectivity index (χ1) is 27.4. The smallest absolute Gasteiger partial charge is 0.261 e. The average Bonchev–Trinajstić information content (AvgIpc) is 3.76. The summed E-state index contributed by atoms with van der Waals surface area (Å²) in [6.45, 7) is 0. The summed E-state index contributed by atoms with van der Waals surface area (Å²) in [5.41, 5.74) is 8.71. The zero-order valence-electron chi connectivity index (χ0n) is 31.2. The van der Waals surface area contributed by atoms with Crippen LogP contribution in [0.3, 0.4) is 0 Å². The number of aromatic nitrogens is 4. The number of rotatable bonds is 9. The number of anilines is 2. The molecule has 0 aliphatic rings. The van der Waals surface area contributed by atoms with Crippen molar-refractivity contribution in [2.45, 2.75) is 19.7 Å². The maximum absolute atomic E-state index is 10.6. The van der Waals surface area contributed by atoms with Crippen LogP contribution in [-0.2, 0) is 13.4 Å². The number of fused-ring (bicyclic) bond motifs is 2. The van der Waals surface area contributed by atoms with Crippen LogP contribution in [0.15, 0.2) is 151 Å². The SMILES string of the molecule is C.C.CN(C)c1ccc(-c2cnc3[nH]cc(I)c3c2)cc1.CN(C)c1ccc(-c2cnc3c(c2)c(I)cn3SOOc2ccccc2)cc1.O=S(=O)(Cl)c1ccccc1. The van der Waals surface area contributed by atoms with Crippen LogP contribution in [0, 0.1) is 7.14 Å². The van der Waals surface area contributed by atoms with Crippen molar-refractivity contribution in [3.8, 4) is 28.0 Å². The molecule has 0 aliphatic heterocycles. The van der Waals surface area contributed by atoms with E-state index in [1.54, 1.807) is 18.2 Å². The second-order valence-electron chi connectivity index (χ2n) is 12.8. The molecule has 8 aromatic rings. The van der Waals surface area contributed by atoms with Gasteiger partial charge in [0.25, 0.3) is 9.05 Å². The van der Waals surface area contributed by atoms with Crippen LogP contribution in [0.5, 0.6) is 5.75 Å². The van der Waals surface area contributed by atoms with Crippen LogP contribution < -0.4 is 14.7 Å². The predicted molar refractivity (Wildman–Crippen MR) is 265 cm³/mol. The zero-order valence-corrected chi connectivity index (χ0v) is 37.9. The first-order valence-electron chi connectivity index (χ1n) is 17.3. The quantitative estimate of drug-likeness (QED) is 0.0497. The van der Waals surface area contributed by atoms with E-state index in [9.17, 15) is 8.42 Å². The molecule has 4 aromatic heterocycles. The van der Waals surface area contributed by atoms with Gasteiger partial charge in [0.15, 0.2) is 23.6 Å². The lowest BCUT2D eigenvalue weighted by Gasteiger charge is -2.12. The Labute approximate surface area is 382 Å². The van der Waals surface area contributed by atoms with Gasteiger partial charge in [0.1, 0.15) is 5.65 Å². The summed E-state index contributed by atoms with van der Waals surface area (Å²) in [5.74, 6) is 0.651. The number of hydrogen-bond acceptors (Lipinski definition) is 9. The monoisotopic (exact) mass is 1070 g/mol. The summed E-state index contributed by atoms with van der Waals surface area (Å²) in [4.78, 5) is 21.9. The predicted octanol–water partition coefficient (Wildman–Crippen LogP) is 12.6. The lowest BCUT2D eigenvalue weighted by atomic mass is 10.1. The minimum atomic E-state index is -3.53. The van der Waals surface area contributed by atoms with Gasteiger partial charge < -0.3 is 19.7 Å². The van der Waals surface area contributed by atoms with Crippen LogP contribution in [0.1, 0.15) is 14.9 Å². The molecule has 0 atom stereocenters. The third kappa shape index (κ3) is 12.6. The minimum absolute atomic E-state index is 0. The van der Waals surface area contributed by atoms with Crippen molar-refractivity contribution in [3.05, 3.63) is 153 Å². The van der Waals surface area contributed by atoms with Crippen molar-refractivity contribution >= 4 is 111 Å². The second kappa shape index (κ2) is 21.8. The maximum Gasteiger partial charge on any atom is 0.261 e. The Kier molecular flexibility index (Phi) is 17.5. The van der Waals surface area contributed by atoms with Crippen molar-refractivity contribution < 1.29 is 17.6 Å². The van der Waals surface area contributed by atoms with Crippen molar-refractivity contribution in [2.75, 3.05) is 38.0 Å². The van der Waals surface area contributed by atoms with E-state index in [2.05, 4.69) is 131 Å². The summed E-state index contributed by atoms with van der Waals surface area (Å²) in [6.07, 6.45) is 7.77. The molecule has 59 heavy (non-hydrogen) atoms. The van der Waals surface area contributed by atoms with E-state index in [-0.39, 0.29) is 19.7 Å². The highest BCUT2D eigenvalue weighted by Crippen LogP contribution is 2.31. The molecule has 0 aliphatic carbocycles. The number of H-pyrrole nitrogens is 1. The van der Waals surface area contributed by atoms with Gasteiger partial charge in [0, 0.05) is 104 Å². The summed E-state index contributed by atoms with van der Waals surface area (Å²) < 4.78 is 30.7. The number of hydrogen-bond donors (Lipinski definition) is 1. The Morgan fingerprint density at radius 1 is 0.678 bits per heavy atom. The molecule has 0 spiro atoms. The van der Waals surface area contributed by atoms with E-state index in [4.69, 9.17) is 19.9 Å². The normalized spacial score (nSPS) is 10.6. The molecular formula is C44H45ClI2N6O4S2. The molecule has 8 rings (SSSR count). The Hall–Kier alpha value is -4.33. The molecule has 0 fully saturated rings. The summed E-state index contributed by atoms with van der Waals surface area (Å²) >= 11 is 5.73. The molecule has 0 saturated carbocycles. The van der Waals surface area contributed by atoms with E-state index < -0.39 is 9.05 Å². The summed E-state index contributed by atoms with van der Waals surface area (Å²) in [5, 5.41) is 2.25. The number of halogens is 3. The zero-order chi connectivity index (χ0) is 40.5. The lowest BCUT2D eigenvalue weighted by Crippen LogP contribution is -2.07. The van der Waals surface area contributed by atoms with Gasteiger partial charge in [0.05, 0.1) is 4.90 Å². The first kappa shape index (κ1) is 47.3. The van der Waals surface area contributed by atoms with Crippen LogP contribution in [0.25, 0.3) is 44.3 Å². The minimum Gasteiger partial charge on any atom is -0.378 e. The molecule has 4 heterocycles. The Bertz CT molecular complexity index is 2660. The Morgan fingerprint density at radius 3 is 1.69 bits per heavy atom. The molecular weight excluding hydrogens is 1030 g/mol. The lowest BCUT2D eigenvalue weighted by molar-refractivity contribution is -0.0785. The third-order valence-electron chi connectivity index (χ3n) is 8.49. The Morgan fingerprint density at radius 2 is 1.19 bits per heavy atom. The summed E-state index contributed by atoms with van der Waals surface area (Å²) in [6, 6.07) is 38.6. The van der Waals surface area contributed by atoms with Crippen molar-refractivity contribution in [3.63, 3.8) is 0 Å². The second-order valence-corrected chi connectivity index (χ2v) is 18.4. The van der Waals surface area contributed by atoms with Gasteiger partial charge in [-0.05, 0) is 117 Å². The van der Waals surface area contributed by atoms with Crippen LogP contribution >= 0.6 is 68.1 Å². The number of para-hydroxylation sites is 1.